The molecular weight excluding hydrogens is 563 g/mol. The molecule has 2 aromatic carbocycles. The van der Waals surface area contributed by atoms with Gasteiger partial charge in [0.1, 0.15) is 6.17 Å². The van der Waals surface area contributed by atoms with Crippen molar-refractivity contribution >= 4 is 23.6 Å². The zero-order valence-corrected chi connectivity index (χ0v) is 22.5. The van der Waals surface area contributed by atoms with Crippen molar-refractivity contribution in [3.8, 4) is 5.75 Å². The Morgan fingerprint density at radius 3 is 2.66 bits per heavy atom. The monoisotopic (exact) mass is 587 g/mol. The molecule has 0 saturated carbocycles. The molecule has 6 rings (SSSR count). The largest absolute Gasteiger partial charge is 0.451 e. The van der Waals surface area contributed by atoms with E-state index in [1.54, 1.807) is 11.1 Å². The minimum Gasteiger partial charge on any atom is -0.451 e. The average Bonchev–Trinajstić information content (AvgIpc) is 3.11. The summed E-state index contributed by atoms with van der Waals surface area (Å²) >= 11 is 1.31. The molecule has 0 N–H and O–H groups in total. The second-order valence-electron chi connectivity index (χ2n) is 9.63. The summed E-state index contributed by atoms with van der Waals surface area (Å²) in [6.07, 6.45) is -3.88. The summed E-state index contributed by atoms with van der Waals surface area (Å²) in [5, 5.41) is 1.78. The summed E-state index contributed by atoms with van der Waals surface area (Å²) in [6.45, 7) is 1.09. The molecule has 214 valence electrons. The SMILES string of the molecule is CC(=O)OCOc1c2n(ccc1=O)N([C@@H]1c3ccccc3SCc3c1cccc3C(F)(F)F)[C@@H]1COCCN1C2=O. The minimum atomic E-state index is -4.58. The number of esters is 1. The Morgan fingerprint density at radius 1 is 1.10 bits per heavy atom. The Morgan fingerprint density at radius 2 is 1.88 bits per heavy atom. The lowest BCUT2D eigenvalue weighted by Crippen LogP contribution is -2.66. The molecule has 0 aliphatic carbocycles. The molecule has 4 heterocycles. The Kier molecular flexibility index (Phi) is 6.94. The van der Waals surface area contributed by atoms with Crippen molar-refractivity contribution < 1.29 is 37.0 Å². The van der Waals surface area contributed by atoms with E-state index in [0.29, 0.717) is 5.56 Å². The highest BCUT2D eigenvalue weighted by Gasteiger charge is 2.47. The summed E-state index contributed by atoms with van der Waals surface area (Å²) in [5.41, 5.74) is -0.159. The van der Waals surface area contributed by atoms with Gasteiger partial charge in [0, 0.05) is 36.4 Å². The van der Waals surface area contributed by atoms with Gasteiger partial charge in [0.05, 0.1) is 24.8 Å². The standard InChI is InChI=1S/C28H24F3N3O6S/c1-16(35)39-15-40-26-21(36)9-10-33-25(26)27(37)32-11-12-38-13-23(32)34(33)24-17-6-4-7-20(28(29,30)31)19(17)14-41-22-8-3-2-5-18(22)24/h2-10,23-24H,11-15H2,1H3/t23-,24+/m1/s1. The van der Waals surface area contributed by atoms with Gasteiger partial charge in [-0.05, 0) is 28.8 Å². The highest BCUT2D eigenvalue weighted by Crippen LogP contribution is 2.47. The van der Waals surface area contributed by atoms with Gasteiger partial charge < -0.3 is 19.1 Å². The zero-order valence-electron chi connectivity index (χ0n) is 21.7. The molecule has 2 atom stereocenters. The predicted octanol–water partition coefficient (Wildman–Crippen LogP) is 3.91. The predicted molar refractivity (Wildman–Crippen MR) is 141 cm³/mol. The quantitative estimate of drug-likeness (QED) is 0.336. The van der Waals surface area contributed by atoms with Gasteiger partial charge in [0.15, 0.2) is 5.69 Å². The molecule has 0 bridgehead atoms. The molecule has 1 aromatic heterocycles. The van der Waals surface area contributed by atoms with Gasteiger partial charge >= 0.3 is 12.1 Å². The van der Waals surface area contributed by atoms with Gasteiger partial charge in [-0.3, -0.25) is 24.1 Å². The van der Waals surface area contributed by atoms with E-state index in [1.807, 2.05) is 24.3 Å². The molecule has 3 aliphatic heterocycles. The number of carbonyl (C=O) groups excluding carboxylic acids is 2. The van der Waals surface area contributed by atoms with E-state index in [-0.39, 0.29) is 42.5 Å². The first-order chi connectivity index (χ1) is 19.7. The van der Waals surface area contributed by atoms with Crippen LogP contribution in [-0.4, -0.2) is 54.2 Å². The second kappa shape index (κ2) is 10.5. The molecule has 3 aliphatic rings. The first-order valence-electron chi connectivity index (χ1n) is 12.8. The number of hydrogen-bond acceptors (Lipinski definition) is 8. The number of amides is 1. The van der Waals surface area contributed by atoms with E-state index < -0.39 is 48.0 Å². The smallest absolute Gasteiger partial charge is 0.416 e. The normalized spacial score (nSPS) is 19.9. The number of benzene rings is 2. The van der Waals surface area contributed by atoms with Gasteiger partial charge in [-0.1, -0.05) is 30.3 Å². The van der Waals surface area contributed by atoms with Crippen LogP contribution < -0.4 is 15.2 Å². The Hall–Kier alpha value is -3.97. The summed E-state index contributed by atoms with van der Waals surface area (Å²) < 4.78 is 60.4. The maximum Gasteiger partial charge on any atom is 0.416 e. The van der Waals surface area contributed by atoms with Crippen LogP contribution in [0.5, 0.6) is 5.75 Å². The van der Waals surface area contributed by atoms with E-state index in [2.05, 4.69) is 0 Å². The summed E-state index contributed by atoms with van der Waals surface area (Å²) in [5.74, 6) is -1.38. The summed E-state index contributed by atoms with van der Waals surface area (Å²) in [6, 6.07) is 11.9. The van der Waals surface area contributed by atoms with Crippen LogP contribution >= 0.6 is 11.8 Å². The number of aromatic nitrogens is 1. The van der Waals surface area contributed by atoms with Crippen molar-refractivity contribution in [1.82, 2.24) is 9.58 Å². The van der Waals surface area contributed by atoms with Crippen molar-refractivity contribution in [2.75, 3.05) is 31.6 Å². The third-order valence-electron chi connectivity index (χ3n) is 7.28. The number of morpholine rings is 1. The molecule has 9 nitrogen and oxygen atoms in total. The van der Waals surface area contributed by atoms with Gasteiger partial charge in [-0.25, -0.2) is 0 Å². The lowest BCUT2D eigenvalue weighted by molar-refractivity contribution is -0.147. The number of pyridine rings is 1. The maximum absolute atomic E-state index is 14.2. The van der Waals surface area contributed by atoms with Gasteiger partial charge in [0.2, 0.25) is 18.0 Å². The third kappa shape index (κ3) is 4.72. The average molecular weight is 588 g/mol. The topological polar surface area (TPSA) is 90.3 Å². The lowest BCUT2D eigenvalue weighted by atomic mass is 9.91. The fraction of sp³-hybridized carbons (Fsp3) is 0.321. The van der Waals surface area contributed by atoms with Crippen molar-refractivity contribution in [1.29, 1.82) is 0 Å². The Labute approximate surface area is 236 Å². The number of ether oxygens (including phenoxy) is 3. The van der Waals surface area contributed by atoms with Crippen LogP contribution in [0.2, 0.25) is 0 Å². The van der Waals surface area contributed by atoms with Crippen molar-refractivity contribution in [3.63, 3.8) is 0 Å². The van der Waals surface area contributed by atoms with Crippen molar-refractivity contribution in [2.45, 2.75) is 36.0 Å². The molecule has 3 aromatic rings. The van der Waals surface area contributed by atoms with Crippen LogP contribution in [0.1, 0.15) is 45.7 Å². The van der Waals surface area contributed by atoms with Gasteiger partial charge in [-0.2, -0.15) is 13.2 Å². The van der Waals surface area contributed by atoms with Gasteiger partial charge in [0.25, 0.3) is 5.91 Å². The van der Waals surface area contributed by atoms with Crippen LogP contribution in [0, 0.1) is 0 Å². The second-order valence-corrected chi connectivity index (χ2v) is 10.7. The first kappa shape index (κ1) is 27.2. The summed E-state index contributed by atoms with van der Waals surface area (Å²) in [4.78, 5) is 40.4. The van der Waals surface area contributed by atoms with Gasteiger partial charge in [-0.15, -0.1) is 11.8 Å². The number of nitrogens with zero attached hydrogens (tertiary/aromatic N) is 3. The summed E-state index contributed by atoms with van der Waals surface area (Å²) in [7, 11) is 0. The van der Waals surface area contributed by atoms with E-state index in [9.17, 15) is 27.6 Å². The molecule has 13 heteroatoms. The van der Waals surface area contributed by atoms with E-state index in [1.165, 1.54) is 46.6 Å². The van der Waals surface area contributed by atoms with Crippen molar-refractivity contribution in [3.05, 3.63) is 92.9 Å². The molecule has 1 fully saturated rings. The molecule has 0 spiro atoms. The molecular formula is C28H24F3N3O6S. The number of hydrogen-bond donors (Lipinski definition) is 0. The maximum atomic E-state index is 14.2. The fourth-order valence-electron chi connectivity index (χ4n) is 5.56. The number of fused-ring (bicyclic) bond motifs is 4. The zero-order chi connectivity index (χ0) is 28.9. The number of thioether (sulfide) groups is 1. The molecule has 1 amide bonds. The highest BCUT2D eigenvalue weighted by molar-refractivity contribution is 7.98. The number of halogens is 3. The Balaban J connectivity index is 1.61. The number of alkyl halides is 3. The van der Waals surface area contributed by atoms with E-state index >= 15 is 0 Å². The highest BCUT2D eigenvalue weighted by atomic mass is 32.2. The molecule has 1 saturated heterocycles. The van der Waals surface area contributed by atoms with Crippen molar-refractivity contribution in [2.24, 2.45) is 0 Å². The van der Waals surface area contributed by atoms with Crippen LogP contribution in [0.3, 0.4) is 0 Å². The van der Waals surface area contributed by atoms with Crippen LogP contribution in [-0.2, 0) is 26.2 Å². The van der Waals surface area contributed by atoms with E-state index in [4.69, 9.17) is 14.2 Å². The van der Waals surface area contributed by atoms with Crippen LogP contribution in [0.25, 0.3) is 0 Å². The Bertz CT molecular complexity index is 1590. The van der Waals surface area contributed by atoms with Crippen LogP contribution in [0.15, 0.2) is 64.4 Å². The molecule has 0 radical (unpaired) electrons. The van der Waals surface area contributed by atoms with Crippen LogP contribution in [0.4, 0.5) is 13.2 Å². The first-order valence-corrected chi connectivity index (χ1v) is 13.7. The fourth-order valence-corrected chi connectivity index (χ4v) is 6.70. The third-order valence-corrected chi connectivity index (χ3v) is 8.40. The number of carbonyl (C=O) groups is 2. The number of rotatable bonds is 4. The lowest BCUT2D eigenvalue weighted by Gasteiger charge is -2.51. The van der Waals surface area contributed by atoms with E-state index in [0.717, 1.165) is 16.5 Å². The molecule has 41 heavy (non-hydrogen) atoms. The minimum absolute atomic E-state index is 0.0844. The molecule has 0 unspecified atom stereocenters.